The molecule has 0 aliphatic heterocycles. The van der Waals surface area contributed by atoms with E-state index in [1.165, 1.54) is 0 Å². The maximum atomic E-state index is 13.7. The molecule has 0 bridgehead atoms. The average molecular weight is 335 g/mol. The Labute approximate surface area is 128 Å². The van der Waals surface area contributed by atoms with Crippen molar-refractivity contribution in [1.29, 1.82) is 0 Å². The fraction of sp³-hybridized carbons (Fsp3) is 0.462. The zero-order valence-electron chi connectivity index (χ0n) is 11.8. The molecule has 0 saturated carbocycles. The van der Waals surface area contributed by atoms with Gasteiger partial charge < -0.3 is 5.11 Å². The predicted octanol–water partition coefficient (Wildman–Crippen LogP) is 2.33. The van der Waals surface area contributed by atoms with Gasteiger partial charge in [0.25, 0.3) is 0 Å². The Bertz CT molecular complexity index is 604. The molecule has 0 fully saturated rings. The molecule has 0 radical (unpaired) electrons. The van der Waals surface area contributed by atoms with Crippen molar-refractivity contribution in [2.75, 3.05) is 11.5 Å². The normalized spacial score (nSPS) is 13.1. The summed E-state index contributed by atoms with van der Waals surface area (Å²) in [6.07, 6.45) is 0.609. The van der Waals surface area contributed by atoms with Crippen LogP contribution in [0.4, 0.5) is 4.39 Å². The van der Waals surface area contributed by atoms with Crippen LogP contribution in [-0.4, -0.2) is 37.0 Å². The van der Waals surface area contributed by atoms with Crippen molar-refractivity contribution in [2.45, 2.75) is 31.2 Å². The van der Waals surface area contributed by atoms with Crippen molar-refractivity contribution in [2.24, 2.45) is 0 Å². The minimum absolute atomic E-state index is 0.272. The lowest BCUT2D eigenvalue weighted by atomic mass is 10.2. The summed E-state index contributed by atoms with van der Waals surface area (Å²) >= 11 is 1.68. The molecule has 1 rings (SSSR count). The fourth-order valence-corrected chi connectivity index (χ4v) is 3.82. The largest absolute Gasteiger partial charge is 0.478 e. The van der Waals surface area contributed by atoms with Gasteiger partial charge in [-0.05, 0) is 43.0 Å². The van der Waals surface area contributed by atoms with Crippen LogP contribution in [0.3, 0.4) is 0 Å². The van der Waals surface area contributed by atoms with Gasteiger partial charge in [0.1, 0.15) is 10.7 Å². The molecule has 1 unspecified atom stereocenters. The summed E-state index contributed by atoms with van der Waals surface area (Å²) in [5.74, 6) is -0.548. The Morgan fingerprint density at radius 3 is 2.71 bits per heavy atom. The van der Waals surface area contributed by atoms with Crippen molar-refractivity contribution in [3.63, 3.8) is 0 Å². The second-order valence-corrected chi connectivity index (χ2v) is 7.53. The van der Waals surface area contributed by atoms with Gasteiger partial charge in [0.2, 0.25) is 10.0 Å². The molecule has 8 heteroatoms. The zero-order valence-corrected chi connectivity index (χ0v) is 13.4. The van der Waals surface area contributed by atoms with E-state index in [2.05, 4.69) is 4.72 Å². The molecule has 0 aliphatic carbocycles. The highest BCUT2D eigenvalue weighted by molar-refractivity contribution is 7.99. The fourth-order valence-electron chi connectivity index (χ4n) is 1.63. The quantitative estimate of drug-likeness (QED) is 0.713. The zero-order chi connectivity index (χ0) is 16.0. The SMILES string of the molecule is CCSCCC(C)NS(=O)(=O)c1cc(C(=O)O)ccc1F. The maximum absolute atomic E-state index is 13.7. The van der Waals surface area contributed by atoms with E-state index >= 15 is 0 Å². The summed E-state index contributed by atoms with van der Waals surface area (Å²) in [5.41, 5.74) is -0.272. The van der Waals surface area contributed by atoms with E-state index in [1.807, 2.05) is 6.92 Å². The maximum Gasteiger partial charge on any atom is 0.335 e. The molecule has 0 aromatic heterocycles. The third-order valence-electron chi connectivity index (χ3n) is 2.72. The van der Waals surface area contributed by atoms with Crippen LogP contribution in [0.25, 0.3) is 0 Å². The number of carboxylic acids is 1. The van der Waals surface area contributed by atoms with Crippen molar-refractivity contribution in [3.8, 4) is 0 Å². The highest BCUT2D eigenvalue weighted by Crippen LogP contribution is 2.17. The molecule has 2 N–H and O–H groups in total. The third-order valence-corrected chi connectivity index (χ3v) is 5.26. The van der Waals surface area contributed by atoms with Gasteiger partial charge in [-0.3, -0.25) is 0 Å². The van der Waals surface area contributed by atoms with Gasteiger partial charge >= 0.3 is 5.97 Å². The lowest BCUT2D eigenvalue weighted by Crippen LogP contribution is -2.33. The van der Waals surface area contributed by atoms with Gasteiger partial charge in [-0.2, -0.15) is 11.8 Å². The van der Waals surface area contributed by atoms with Crippen LogP contribution in [0.5, 0.6) is 0 Å². The second kappa shape index (κ2) is 7.77. The standard InChI is InChI=1S/C13H18FNO4S2/c1-3-20-7-6-9(2)15-21(18,19)12-8-10(13(16)17)4-5-11(12)14/h4-5,8-9,15H,3,6-7H2,1-2H3,(H,16,17). The summed E-state index contributed by atoms with van der Waals surface area (Å²) in [6, 6.07) is 2.34. The number of hydrogen-bond acceptors (Lipinski definition) is 4. The molecule has 118 valence electrons. The number of halogens is 1. The minimum atomic E-state index is -4.08. The van der Waals surface area contributed by atoms with Crippen molar-refractivity contribution in [1.82, 2.24) is 4.72 Å². The van der Waals surface area contributed by atoms with Gasteiger partial charge in [-0.15, -0.1) is 0 Å². The first-order chi connectivity index (χ1) is 9.77. The molecule has 5 nitrogen and oxygen atoms in total. The third kappa shape index (κ3) is 5.29. The number of nitrogens with one attached hydrogen (secondary N) is 1. The van der Waals surface area contributed by atoms with E-state index in [1.54, 1.807) is 18.7 Å². The number of hydrogen-bond donors (Lipinski definition) is 2. The van der Waals surface area contributed by atoms with Gasteiger partial charge in [-0.1, -0.05) is 6.92 Å². The van der Waals surface area contributed by atoms with Gasteiger partial charge in [0.05, 0.1) is 5.56 Å². The Kier molecular flexibility index (Phi) is 6.63. The number of benzene rings is 1. The van der Waals surface area contributed by atoms with Crippen LogP contribution < -0.4 is 4.72 Å². The van der Waals surface area contributed by atoms with Crippen LogP contribution in [-0.2, 0) is 10.0 Å². The van der Waals surface area contributed by atoms with Crippen LogP contribution in [0.15, 0.2) is 23.1 Å². The molecule has 0 amide bonds. The molecule has 21 heavy (non-hydrogen) atoms. The molecule has 1 aromatic carbocycles. The Morgan fingerprint density at radius 1 is 1.48 bits per heavy atom. The number of thioether (sulfide) groups is 1. The highest BCUT2D eigenvalue weighted by atomic mass is 32.2. The first-order valence-corrected chi connectivity index (χ1v) is 9.04. The smallest absolute Gasteiger partial charge is 0.335 e. The summed E-state index contributed by atoms with van der Waals surface area (Å²) in [6.45, 7) is 3.69. The summed E-state index contributed by atoms with van der Waals surface area (Å²) in [7, 11) is -4.08. The van der Waals surface area contributed by atoms with E-state index in [0.717, 1.165) is 29.7 Å². The Morgan fingerprint density at radius 2 is 2.14 bits per heavy atom. The summed E-state index contributed by atoms with van der Waals surface area (Å²) in [4.78, 5) is 10.2. The van der Waals surface area contributed by atoms with Crippen molar-refractivity contribution >= 4 is 27.8 Å². The molecular weight excluding hydrogens is 317 g/mol. The highest BCUT2D eigenvalue weighted by Gasteiger charge is 2.22. The van der Waals surface area contributed by atoms with E-state index < -0.39 is 26.7 Å². The molecule has 0 spiro atoms. The van der Waals surface area contributed by atoms with E-state index in [0.29, 0.717) is 6.42 Å². The molecule has 0 aliphatic rings. The van der Waals surface area contributed by atoms with Gasteiger partial charge in [-0.25, -0.2) is 22.3 Å². The van der Waals surface area contributed by atoms with Crippen LogP contribution in [0, 0.1) is 5.82 Å². The average Bonchev–Trinajstić information content (AvgIpc) is 2.38. The van der Waals surface area contributed by atoms with Gasteiger partial charge in [0, 0.05) is 6.04 Å². The monoisotopic (exact) mass is 335 g/mol. The Hall–Kier alpha value is -1.12. The minimum Gasteiger partial charge on any atom is -0.478 e. The Balaban J connectivity index is 2.92. The molecule has 0 saturated heterocycles. The summed E-state index contributed by atoms with van der Waals surface area (Å²) in [5, 5.41) is 8.85. The lowest BCUT2D eigenvalue weighted by molar-refractivity contribution is 0.0696. The lowest BCUT2D eigenvalue weighted by Gasteiger charge is -2.14. The van der Waals surface area contributed by atoms with E-state index in [9.17, 15) is 17.6 Å². The molecule has 0 heterocycles. The first-order valence-electron chi connectivity index (χ1n) is 6.41. The number of aromatic carboxylic acids is 1. The molecule has 1 aromatic rings. The number of carboxylic acid groups (broad SMARTS) is 1. The van der Waals surface area contributed by atoms with Crippen molar-refractivity contribution < 1.29 is 22.7 Å². The van der Waals surface area contributed by atoms with Crippen LogP contribution in [0.1, 0.15) is 30.6 Å². The number of sulfonamides is 1. The molecule has 1 atom stereocenters. The van der Waals surface area contributed by atoms with E-state index in [4.69, 9.17) is 5.11 Å². The predicted molar refractivity (Wildman–Crippen MR) is 80.8 cm³/mol. The number of rotatable bonds is 8. The molecular formula is C13H18FNO4S2. The summed E-state index contributed by atoms with van der Waals surface area (Å²) < 4.78 is 40.3. The van der Waals surface area contributed by atoms with Crippen molar-refractivity contribution in [3.05, 3.63) is 29.6 Å². The first kappa shape index (κ1) is 17.9. The van der Waals surface area contributed by atoms with Crippen LogP contribution >= 0.6 is 11.8 Å². The van der Waals surface area contributed by atoms with Gasteiger partial charge in [0.15, 0.2) is 0 Å². The van der Waals surface area contributed by atoms with Crippen LogP contribution in [0.2, 0.25) is 0 Å². The topological polar surface area (TPSA) is 83.5 Å². The van der Waals surface area contributed by atoms with E-state index in [-0.39, 0.29) is 11.6 Å². The number of carbonyl (C=O) groups is 1. The second-order valence-electron chi connectivity index (χ2n) is 4.46.